The van der Waals surface area contributed by atoms with Gasteiger partial charge in [0.15, 0.2) is 0 Å². The molecule has 0 fully saturated rings. The third-order valence-corrected chi connectivity index (χ3v) is 5.21. The van der Waals surface area contributed by atoms with E-state index >= 15 is 0 Å². The highest BCUT2D eigenvalue weighted by Gasteiger charge is 2.31. The number of alkyl halides is 3. The molecule has 0 spiro atoms. The number of carbonyl (C=O) groups excluding carboxylic acids is 1. The number of nitriles is 1. The molecule has 0 radical (unpaired) electrons. The maximum Gasteiger partial charge on any atom is 0.416 e. The summed E-state index contributed by atoms with van der Waals surface area (Å²) in [4.78, 5) is 12.7. The summed E-state index contributed by atoms with van der Waals surface area (Å²) in [5.41, 5.74) is -0.526. The lowest BCUT2D eigenvalue weighted by Gasteiger charge is -2.09. The summed E-state index contributed by atoms with van der Waals surface area (Å²) in [6.07, 6.45) is -3.33. The molecule has 0 saturated carbocycles. The number of anilines is 1. The average Bonchev–Trinajstić information content (AvgIpc) is 3.25. The normalized spacial score (nSPS) is 11.9. The first-order valence-corrected chi connectivity index (χ1v) is 10.0. The Balaban J connectivity index is 1.61. The van der Waals surface area contributed by atoms with Crippen LogP contribution in [0, 0.1) is 11.3 Å². The minimum absolute atomic E-state index is 0.0462. The first kappa shape index (κ1) is 22.2. The van der Waals surface area contributed by atoms with Crippen molar-refractivity contribution in [2.24, 2.45) is 0 Å². The largest absolute Gasteiger partial charge is 0.457 e. The minimum atomic E-state index is -4.54. The molecule has 4 aromatic rings. The lowest BCUT2D eigenvalue weighted by Crippen LogP contribution is -2.13. The van der Waals surface area contributed by atoms with E-state index in [0.29, 0.717) is 5.69 Å². The predicted octanol–water partition coefficient (Wildman–Crippen LogP) is 7.32. The molecule has 1 amide bonds. The summed E-state index contributed by atoms with van der Waals surface area (Å²) < 4.78 is 44.7. The Kier molecular flexibility index (Phi) is 5.95. The van der Waals surface area contributed by atoms with Crippen LogP contribution in [0.15, 0.2) is 82.8 Å². The molecule has 1 heterocycles. The van der Waals surface area contributed by atoms with Crippen LogP contribution in [0.4, 0.5) is 18.9 Å². The SMILES string of the molecule is N#C/C(=C\c1ccc(-c2cc(C(F)(F)F)ccc2Cl)o1)C(=O)Nc1cccc2ccccc12. The van der Waals surface area contributed by atoms with Gasteiger partial charge in [-0.3, -0.25) is 4.79 Å². The highest BCUT2D eigenvalue weighted by molar-refractivity contribution is 6.33. The van der Waals surface area contributed by atoms with Crippen molar-refractivity contribution in [3.63, 3.8) is 0 Å². The van der Waals surface area contributed by atoms with Gasteiger partial charge in [-0.25, -0.2) is 0 Å². The molecule has 3 aromatic carbocycles. The van der Waals surface area contributed by atoms with Gasteiger partial charge in [-0.1, -0.05) is 48.0 Å². The second-order valence-electron chi connectivity index (χ2n) is 7.05. The summed E-state index contributed by atoms with van der Waals surface area (Å²) in [5.74, 6) is -0.462. The molecule has 0 saturated heterocycles. The van der Waals surface area contributed by atoms with E-state index < -0.39 is 17.6 Å². The Morgan fingerprint density at radius 1 is 1.03 bits per heavy atom. The number of hydrogen-bond donors (Lipinski definition) is 1. The zero-order chi connectivity index (χ0) is 23.6. The lowest BCUT2D eigenvalue weighted by atomic mass is 10.1. The number of rotatable bonds is 4. The number of carbonyl (C=O) groups is 1. The van der Waals surface area contributed by atoms with Crippen LogP contribution in [0.3, 0.4) is 0 Å². The van der Waals surface area contributed by atoms with E-state index in [1.54, 1.807) is 12.1 Å². The van der Waals surface area contributed by atoms with E-state index in [1.165, 1.54) is 18.2 Å². The van der Waals surface area contributed by atoms with Gasteiger partial charge in [0.25, 0.3) is 5.91 Å². The van der Waals surface area contributed by atoms with E-state index in [0.717, 1.165) is 29.0 Å². The van der Waals surface area contributed by atoms with Gasteiger partial charge >= 0.3 is 6.18 Å². The van der Waals surface area contributed by atoms with Crippen molar-refractivity contribution >= 4 is 40.0 Å². The smallest absolute Gasteiger partial charge is 0.416 e. The summed E-state index contributed by atoms with van der Waals surface area (Å²) >= 11 is 6.05. The van der Waals surface area contributed by atoms with E-state index in [-0.39, 0.29) is 27.7 Å². The second-order valence-corrected chi connectivity index (χ2v) is 7.45. The van der Waals surface area contributed by atoms with Crippen LogP contribution in [0.2, 0.25) is 5.02 Å². The molecule has 33 heavy (non-hydrogen) atoms. The molecule has 0 unspecified atom stereocenters. The quantitative estimate of drug-likeness (QED) is 0.253. The van der Waals surface area contributed by atoms with Crippen LogP contribution < -0.4 is 5.32 Å². The molecule has 0 bridgehead atoms. The summed E-state index contributed by atoms with van der Waals surface area (Å²) in [6, 6.07) is 20.4. The van der Waals surface area contributed by atoms with Gasteiger partial charge in [0, 0.05) is 22.7 Å². The zero-order valence-electron chi connectivity index (χ0n) is 16.8. The predicted molar refractivity (Wildman–Crippen MR) is 120 cm³/mol. The number of benzene rings is 3. The molecule has 4 nitrogen and oxygen atoms in total. The van der Waals surface area contributed by atoms with E-state index in [9.17, 15) is 23.2 Å². The molecule has 0 aliphatic heterocycles. The summed E-state index contributed by atoms with van der Waals surface area (Å²) in [7, 11) is 0. The van der Waals surface area contributed by atoms with E-state index in [1.807, 2.05) is 36.4 Å². The van der Waals surface area contributed by atoms with Crippen LogP contribution in [-0.4, -0.2) is 5.91 Å². The number of nitrogens with zero attached hydrogens (tertiary/aromatic N) is 1. The zero-order valence-corrected chi connectivity index (χ0v) is 17.5. The van der Waals surface area contributed by atoms with E-state index in [4.69, 9.17) is 16.0 Å². The molecule has 8 heteroatoms. The summed E-state index contributed by atoms with van der Waals surface area (Å²) in [6.45, 7) is 0. The van der Waals surface area contributed by atoms with Crippen LogP contribution >= 0.6 is 11.6 Å². The molecule has 4 rings (SSSR count). The van der Waals surface area contributed by atoms with Gasteiger partial charge in [-0.15, -0.1) is 0 Å². The van der Waals surface area contributed by atoms with Crippen molar-refractivity contribution in [2.45, 2.75) is 6.18 Å². The van der Waals surface area contributed by atoms with Gasteiger partial charge in [0.2, 0.25) is 0 Å². The van der Waals surface area contributed by atoms with Crippen molar-refractivity contribution in [1.29, 1.82) is 5.26 Å². The van der Waals surface area contributed by atoms with Crippen molar-refractivity contribution in [3.05, 3.63) is 94.7 Å². The van der Waals surface area contributed by atoms with Crippen LogP contribution in [0.1, 0.15) is 11.3 Å². The number of nitrogens with one attached hydrogen (secondary N) is 1. The Morgan fingerprint density at radius 3 is 2.55 bits per heavy atom. The third kappa shape index (κ3) is 4.76. The third-order valence-electron chi connectivity index (χ3n) is 4.88. The molecule has 0 aliphatic carbocycles. The number of hydrogen-bond acceptors (Lipinski definition) is 3. The van der Waals surface area contributed by atoms with Gasteiger partial charge < -0.3 is 9.73 Å². The maximum absolute atomic E-state index is 13.0. The number of halogens is 4. The van der Waals surface area contributed by atoms with E-state index in [2.05, 4.69) is 5.32 Å². The number of furan rings is 1. The highest BCUT2D eigenvalue weighted by Crippen LogP contribution is 2.36. The van der Waals surface area contributed by atoms with Crippen molar-refractivity contribution in [3.8, 4) is 17.4 Å². The van der Waals surface area contributed by atoms with Crippen LogP contribution in [-0.2, 0) is 11.0 Å². The van der Waals surface area contributed by atoms with Crippen molar-refractivity contribution < 1.29 is 22.4 Å². The van der Waals surface area contributed by atoms with Gasteiger partial charge in [0.05, 0.1) is 10.6 Å². The minimum Gasteiger partial charge on any atom is -0.457 e. The fourth-order valence-electron chi connectivity index (χ4n) is 3.28. The highest BCUT2D eigenvalue weighted by atomic mass is 35.5. The molecule has 0 aliphatic rings. The monoisotopic (exact) mass is 466 g/mol. The Labute approximate surface area is 191 Å². The van der Waals surface area contributed by atoms with Crippen molar-refractivity contribution in [2.75, 3.05) is 5.32 Å². The standard InChI is InChI=1S/C25H14ClF3N2O2/c26-21-10-8-17(25(27,28)29)13-20(21)23-11-9-18(33-23)12-16(14-30)24(32)31-22-7-3-5-15-4-1-2-6-19(15)22/h1-13H,(H,31,32)/b16-12+. The molecular formula is C25H14ClF3N2O2. The fourth-order valence-corrected chi connectivity index (χ4v) is 3.49. The number of fused-ring (bicyclic) bond motifs is 1. The molecular weight excluding hydrogens is 453 g/mol. The average molecular weight is 467 g/mol. The van der Waals surface area contributed by atoms with Crippen LogP contribution in [0.5, 0.6) is 0 Å². The first-order valence-electron chi connectivity index (χ1n) is 9.64. The molecule has 1 aromatic heterocycles. The molecule has 1 N–H and O–H groups in total. The fraction of sp³-hybridized carbons (Fsp3) is 0.0400. The second kappa shape index (κ2) is 8.85. The Hall–Kier alpha value is -4.02. The van der Waals surface area contributed by atoms with Crippen LogP contribution in [0.25, 0.3) is 28.2 Å². The van der Waals surface area contributed by atoms with Gasteiger partial charge in [-0.2, -0.15) is 18.4 Å². The molecule has 164 valence electrons. The molecule has 0 atom stereocenters. The topological polar surface area (TPSA) is 66.0 Å². The van der Waals surface area contributed by atoms with Gasteiger partial charge in [0.1, 0.15) is 23.2 Å². The maximum atomic E-state index is 13.0. The van der Waals surface area contributed by atoms with Crippen molar-refractivity contribution in [1.82, 2.24) is 0 Å². The van der Waals surface area contributed by atoms with Gasteiger partial charge in [-0.05, 0) is 41.8 Å². The first-order chi connectivity index (χ1) is 15.8. The Bertz CT molecular complexity index is 1430. The number of amides is 1. The Morgan fingerprint density at radius 2 is 1.79 bits per heavy atom. The summed E-state index contributed by atoms with van der Waals surface area (Å²) in [5, 5.41) is 14.0. The lowest BCUT2D eigenvalue weighted by molar-refractivity contribution is -0.137.